The molecule has 0 unspecified atom stereocenters. The number of methoxy groups -OCH3 is 1. The first kappa shape index (κ1) is 25.1. The number of carboxylic acids is 1. The molecule has 4 aromatic rings. The number of fused-ring (bicyclic) bond motifs is 1. The van der Waals surface area contributed by atoms with Gasteiger partial charge in [-0.1, -0.05) is 52.3 Å². The van der Waals surface area contributed by atoms with Gasteiger partial charge in [-0.15, -0.1) is 0 Å². The zero-order valence-corrected chi connectivity index (χ0v) is 21.1. The number of ether oxygens (including phenoxy) is 2. The molecule has 0 radical (unpaired) electrons. The molecule has 0 bridgehead atoms. The van der Waals surface area contributed by atoms with Gasteiger partial charge >= 0.3 is 5.97 Å². The number of phenols is 1. The number of aromatic amines is 1. The maximum Gasteiger partial charge on any atom is 0.339 e. The minimum Gasteiger partial charge on any atom is -0.508 e. The van der Waals surface area contributed by atoms with Gasteiger partial charge in [0.1, 0.15) is 11.3 Å². The summed E-state index contributed by atoms with van der Waals surface area (Å²) in [5.41, 5.74) is 2.54. The van der Waals surface area contributed by atoms with Crippen LogP contribution in [0.5, 0.6) is 17.2 Å². The van der Waals surface area contributed by atoms with Gasteiger partial charge in [-0.3, -0.25) is 4.79 Å². The van der Waals surface area contributed by atoms with Crippen LogP contribution in [0.15, 0.2) is 71.3 Å². The molecule has 186 valence electrons. The zero-order valence-electron chi connectivity index (χ0n) is 19.5. The highest BCUT2D eigenvalue weighted by Crippen LogP contribution is 2.35. The van der Waals surface area contributed by atoms with E-state index in [-0.39, 0.29) is 35.3 Å². The van der Waals surface area contributed by atoms with Crippen molar-refractivity contribution >= 4 is 38.7 Å². The molecule has 3 N–H and O–H groups in total. The van der Waals surface area contributed by atoms with Gasteiger partial charge < -0.3 is 29.6 Å². The normalized spacial score (nSPS) is 10.8. The molecule has 0 saturated carbocycles. The summed E-state index contributed by atoms with van der Waals surface area (Å²) in [6.45, 7) is 0.127. The smallest absolute Gasteiger partial charge is 0.339 e. The molecule has 8 nitrogen and oxygen atoms in total. The van der Waals surface area contributed by atoms with Gasteiger partial charge in [-0.05, 0) is 36.2 Å². The predicted octanol–water partition coefficient (Wildman–Crippen LogP) is 4.99. The van der Waals surface area contributed by atoms with Gasteiger partial charge in [-0.25, -0.2) is 4.79 Å². The SMILES string of the molecule is COc1cc(Br)cc(C(=O)O)c1OCC(=O)N(CCc1c[nH]c2ccccc12)Cc1ccccc1O. The van der Waals surface area contributed by atoms with Gasteiger partial charge in [0.05, 0.1) is 7.11 Å². The van der Waals surface area contributed by atoms with E-state index >= 15 is 0 Å². The molecular formula is C27H25BrN2O6. The van der Waals surface area contributed by atoms with Crippen molar-refractivity contribution in [3.8, 4) is 17.2 Å². The Morgan fingerprint density at radius 3 is 2.56 bits per heavy atom. The van der Waals surface area contributed by atoms with Crippen molar-refractivity contribution in [2.24, 2.45) is 0 Å². The molecule has 0 spiro atoms. The molecular weight excluding hydrogens is 528 g/mol. The highest BCUT2D eigenvalue weighted by Gasteiger charge is 2.22. The van der Waals surface area contributed by atoms with E-state index in [2.05, 4.69) is 20.9 Å². The quantitative estimate of drug-likeness (QED) is 0.255. The van der Waals surface area contributed by atoms with E-state index in [1.807, 2.05) is 30.5 Å². The average Bonchev–Trinajstić information content (AvgIpc) is 3.29. The van der Waals surface area contributed by atoms with E-state index in [9.17, 15) is 19.8 Å². The van der Waals surface area contributed by atoms with Crippen molar-refractivity contribution in [2.75, 3.05) is 20.3 Å². The van der Waals surface area contributed by atoms with Gasteiger partial charge in [0.25, 0.3) is 5.91 Å². The third-order valence-electron chi connectivity index (χ3n) is 5.84. The molecule has 4 rings (SSSR count). The Morgan fingerprint density at radius 2 is 1.81 bits per heavy atom. The number of carboxylic acid groups (broad SMARTS) is 1. The van der Waals surface area contributed by atoms with E-state index in [1.165, 1.54) is 13.2 Å². The van der Waals surface area contributed by atoms with E-state index in [1.54, 1.807) is 35.2 Å². The maximum atomic E-state index is 13.3. The lowest BCUT2D eigenvalue weighted by Crippen LogP contribution is -2.36. The van der Waals surface area contributed by atoms with Gasteiger partial charge in [0, 0.05) is 40.2 Å². The molecule has 9 heteroatoms. The van der Waals surface area contributed by atoms with Crippen molar-refractivity contribution in [2.45, 2.75) is 13.0 Å². The Bertz CT molecular complexity index is 1400. The number of nitrogens with one attached hydrogen (secondary N) is 1. The number of aromatic carboxylic acids is 1. The molecule has 0 fully saturated rings. The lowest BCUT2D eigenvalue weighted by atomic mass is 10.1. The Balaban J connectivity index is 1.56. The number of halogens is 1. The Morgan fingerprint density at radius 1 is 1.06 bits per heavy atom. The summed E-state index contributed by atoms with van der Waals surface area (Å²) in [5, 5.41) is 21.0. The van der Waals surface area contributed by atoms with Gasteiger partial charge in [0.15, 0.2) is 18.1 Å². The lowest BCUT2D eigenvalue weighted by Gasteiger charge is -2.24. The number of rotatable bonds is 10. The Labute approximate surface area is 216 Å². The van der Waals surface area contributed by atoms with Crippen LogP contribution in [0.3, 0.4) is 0 Å². The van der Waals surface area contributed by atoms with E-state index < -0.39 is 12.6 Å². The summed E-state index contributed by atoms with van der Waals surface area (Å²) in [7, 11) is 1.40. The number of hydrogen-bond donors (Lipinski definition) is 3. The fourth-order valence-corrected chi connectivity index (χ4v) is 4.43. The molecule has 1 amide bonds. The van der Waals surface area contributed by atoms with Crippen LogP contribution in [-0.4, -0.2) is 52.2 Å². The average molecular weight is 553 g/mol. The third-order valence-corrected chi connectivity index (χ3v) is 6.30. The monoisotopic (exact) mass is 552 g/mol. The first-order valence-electron chi connectivity index (χ1n) is 11.2. The van der Waals surface area contributed by atoms with Crippen LogP contribution in [0.4, 0.5) is 0 Å². The summed E-state index contributed by atoms with van der Waals surface area (Å²) in [6.07, 6.45) is 2.50. The number of H-pyrrole nitrogens is 1. The number of aromatic nitrogens is 1. The summed E-state index contributed by atoms with van der Waals surface area (Å²) < 4.78 is 11.5. The second-order valence-corrected chi connectivity index (χ2v) is 9.05. The third kappa shape index (κ3) is 5.63. The van der Waals surface area contributed by atoms with E-state index in [0.717, 1.165) is 16.5 Å². The molecule has 0 saturated heterocycles. The first-order chi connectivity index (χ1) is 17.4. The predicted molar refractivity (Wildman–Crippen MR) is 139 cm³/mol. The highest BCUT2D eigenvalue weighted by molar-refractivity contribution is 9.10. The van der Waals surface area contributed by atoms with Crippen LogP contribution in [0.25, 0.3) is 10.9 Å². The number of phenolic OH excluding ortho intramolecular Hbond substituents is 1. The van der Waals surface area contributed by atoms with Crippen molar-refractivity contribution in [3.63, 3.8) is 0 Å². The number of carbonyl (C=O) groups excluding carboxylic acids is 1. The van der Waals surface area contributed by atoms with Crippen LogP contribution >= 0.6 is 15.9 Å². The molecule has 0 atom stereocenters. The number of benzene rings is 3. The molecule has 0 aliphatic carbocycles. The van der Waals surface area contributed by atoms with Crippen molar-refractivity contribution in [1.82, 2.24) is 9.88 Å². The summed E-state index contributed by atoms with van der Waals surface area (Å²) >= 11 is 3.26. The van der Waals surface area contributed by atoms with E-state index in [0.29, 0.717) is 23.0 Å². The number of carbonyl (C=O) groups is 2. The number of para-hydroxylation sites is 2. The number of amides is 1. The second kappa shape index (κ2) is 11.2. The molecule has 0 aliphatic rings. The maximum absolute atomic E-state index is 13.3. The van der Waals surface area contributed by atoms with Crippen molar-refractivity contribution in [1.29, 1.82) is 0 Å². The minimum atomic E-state index is -1.21. The molecule has 1 aromatic heterocycles. The van der Waals surface area contributed by atoms with Crippen LogP contribution in [-0.2, 0) is 17.8 Å². The van der Waals surface area contributed by atoms with Crippen LogP contribution < -0.4 is 9.47 Å². The topological polar surface area (TPSA) is 112 Å². The Kier molecular flexibility index (Phi) is 7.80. The standard InChI is InChI=1S/C27H25BrN2O6/c1-35-24-13-19(28)12-21(27(33)34)26(24)36-16-25(32)30(15-18-6-2-5-9-23(18)31)11-10-17-14-29-22-8-4-3-7-20(17)22/h2-9,12-14,29,31H,10-11,15-16H2,1H3,(H,33,34). The molecule has 1 heterocycles. The lowest BCUT2D eigenvalue weighted by molar-refractivity contribution is -0.134. The summed E-state index contributed by atoms with van der Waals surface area (Å²) in [6, 6.07) is 17.7. The molecule has 0 aliphatic heterocycles. The fraction of sp³-hybridized carbons (Fsp3) is 0.185. The largest absolute Gasteiger partial charge is 0.508 e. The second-order valence-electron chi connectivity index (χ2n) is 8.13. The van der Waals surface area contributed by atoms with Gasteiger partial charge in [0.2, 0.25) is 0 Å². The number of aromatic hydroxyl groups is 1. The number of hydrogen-bond acceptors (Lipinski definition) is 5. The van der Waals surface area contributed by atoms with E-state index in [4.69, 9.17) is 9.47 Å². The number of nitrogens with zero attached hydrogens (tertiary/aromatic N) is 1. The fourth-order valence-electron chi connectivity index (χ4n) is 3.99. The first-order valence-corrected chi connectivity index (χ1v) is 12.0. The van der Waals surface area contributed by atoms with Gasteiger partial charge in [-0.2, -0.15) is 0 Å². The van der Waals surface area contributed by atoms with Crippen molar-refractivity contribution < 1.29 is 29.3 Å². The van der Waals surface area contributed by atoms with Crippen LogP contribution in [0.1, 0.15) is 21.5 Å². The minimum absolute atomic E-state index is 0.0271. The molecule has 3 aromatic carbocycles. The highest BCUT2D eigenvalue weighted by atomic mass is 79.9. The van der Waals surface area contributed by atoms with Crippen molar-refractivity contribution in [3.05, 3.63) is 88.0 Å². The summed E-state index contributed by atoms with van der Waals surface area (Å²) in [4.78, 5) is 29.9. The van der Waals surface area contributed by atoms with Crippen LogP contribution in [0.2, 0.25) is 0 Å². The summed E-state index contributed by atoms with van der Waals surface area (Å²) in [5.74, 6) is -1.31. The molecule has 36 heavy (non-hydrogen) atoms. The zero-order chi connectivity index (χ0) is 25.7. The Hall–Kier alpha value is -3.98. The van der Waals surface area contributed by atoms with Crippen LogP contribution in [0, 0.1) is 0 Å².